The lowest BCUT2D eigenvalue weighted by Gasteiger charge is -2.37. The first-order valence-corrected chi connectivity index (χ1v) is 9.23. The fraction of sp³-hybridized carbons (Fsp3) is 0.632. The molecule has 1 N–H and O–H groups in total. The van der Waals surface area contributed by atoms with Crippen molar-refractivity contribution in [3.05, 3.63) is 30.1 Å². The smallest absolute Gasteiger partial charge is 0.254 e. The molecule has 0 radical (unpaired) electrons. The Morgan fingerprint density at radius 3 is 2.64 bits per heavy atom. The van der Waals surface area contributed by atoms with E-state index in [1.54, 1.807) is 24.5 Å². The van der Waals surface area contributed by atoms with Gasteiger partial charge in [0.2, 0.25) is 5.91 Å². The summed E-state index contributed by atoms with van der Waals surface area (Å²) in [6.07, 6.45) is 7.39. The molecule has 2 aliphatic heterocycles. The van der Waals surface area contributed by atoms with E-state index in [0.717, 1.165) is 19.4 Å². The number of likely N-dealkylation sites (tertiary alicyclic amines) is 1. The van der Waals surface area contributed by atoms with Gasteiger partial charge in [0, 0.05) is 56.2 Å². The number of amides is 2. The van der Waals surface area contributed by atoms with Crippen molar-refractivity contribution >= 4 is 11.8 Å². The van der Waals surface area contributed by atoms with Crippen molar-refractivity contribution in [2.24, 2.45) is 17.3 Å². The van der Waals surface area contributed by atoms with Crippen molar-refractivity contribution in [3.63, 3.8) is 0 Å². The molecular formula is C19H25N3O3. The Morgan fingerprint density at radius 2 is 1.96 bits per heavy atom. The van der Waals surface area contributed by atoms with Crippen LogP contribution in [0.5, 0.6) is 0 Å². The number of hydrogen-bond donors (Lipinski definition) is 1. The molecule has 1 spiro atoms. The molecule has 1 saturated carbocycles. The van der Waals surface area contributed by atoms with E-state index in [9.17, 15) is 9.59 Å². The summed E-state index contributed by atoms with van der Waals surface area (Å²) in [4.78, 5) is 31.5. The molecule has 4 rings (SSSR count). The number of nitrogens with one attached hydrogen (secondary N) is 1. The first-order valence-electron chi connectivity index (χ1n) is 9.23. The molecule has 2 amide bonds. The Bertz CT molecular complexity index is 639. The molecule has 0 bridgehead atoms. The van der Waals surface area contributed by atoms with Crippen LogP contribution in [0, 0.1) is 17.3 Å². The minimum absolute atomic E-state index is 0.00856. The highest BCUT2D eigenvalue weighted by Gasteiger charge is 2.51. The summed E-state index contributed by atoms with van der Waals surface area (Å²) in [6.45, 7) is 3.25. The molecule has 3 fully saturated rings. The molecule has 1 aliphatic carbocycles. The molecule has 134 valence electrons. The Hall–Kier alpha value is -1.95. The minimum Gasteiger partial charge on any atom is -0.381 e. The van der Waals surface area contributed by atoms with Crippen LogP contribution in [0.3, 0.4) is 0 Å². The number of rotatable bonds is 4. The van der Waals surface area contributed by atoms with Crippen molar-refractivity contribution in [1.82, 2.24) is 15.2 Å². The zero-order valence-corrected chi connectivity index (χ0v) is 14.4. The van der Waals surface area contributed by atoms with Crippen molar-refractivity contribution < 1.29 is 14.3 Å². The predicted octanol–water partition coefficient (Wildman–Crippen LogP) is 1.48. The monoisotopic (exact) mass is 343 g/mol. The van der Waals surface area contributed by atoms with Crippen molar-refractivity contribution in [2.45, 2.75) is 25.7 Å². The molecule has 2 saturated heterocycles. The topological polar surface area (TPSA) is 71.5 Å². The Morgan fingerprint density at radius 1 is 1.24 bits per heavy atom. The molecule has 1 atom stereocenters. The van der Waals surface area contributed by atoms with Gasteiger partial charge in [-0.15, -0.1) is 0 Å². The summed E-state index contributed by atoms with van der Waals surface area (Å²) in [7, 11) is 0. The van der Waals surface area contributed by atoms with E-state index in [1.165, 1.54) is 12.8 Å². The van der Waals surface area contributed by atoms with E-state index in [2.05, 4.69) is 10.3 Å². The van der Waals surface area contributed by atoms with Crippen molar-refractivity contribution in [2.75, 3.05) is 32.8 Å². The van der Waals surface area contributed by atoms with Crippen LogP contribution in [0.25, 0.3) is 0 Å². The SMILES string of the molecule is O=C(NCC1CC1)[C@@H]1CN(C(=O)c2ccncc2)CC12CCOCC2. The number of hydrogen-bond acceptors (Lipinski definition) is 4. The summed E-state index contributed by atoms with van der Waals surface area (Å²) in [5.74, 6) is 0.621. The van der Waals surface area contributed by atoms with Gasteiger partial charge in [0.25, 0.3) is 5.91 Å². The Kier molecular flexibility index (Phi) is 4.46. The molecule has 6 heteroatoms. The quantitative estimate of drug-likeness (QED) is 0.899. The second kappa shape index (κ2) is 6.75. The van der Waals surface area contributed by atoms with E-state index in [-0.39, 0.29) is 23.1 Å². The number of carbonyl (C=O) groups is 2. The van der Waals surface area contributed by atoms with Gasteiger partial charge < -0.3 is 15.0 Å². The second-order valence-corrected chi connectivity index (χ2v) is 7.64. The molecule has 3 aliphatic rings. The zero-order chi connectivity index (χ0) is 17.3. The van der Waals surface area contributed by atoms with Gasteiger partial charge in [0.15, 0.2) is 0 Å². The molecule has 6 nitrogen and oxygen atoms in total. The minimum atomic E-state index is -0.144. The number of aromatic nitrogens is 1. The van der Waals surface area contributed by atoms with Gasteiger partial charge >= 0.3 is 0 Å². The average molecular weight is 343 g/mol. The maximum Gasteiger partial charge on any atom is 0.254 e. The molecule has 1 aromatic heterocycles. The lowest BCUT2D eigenvalue weighted by Crippen LogP contribution is -2.44. The highest BCUT2D eigenvalue weighted by molar-refractivity contribution is 5.95. The van der Waals surface area contributed by atoms with Gasteiger partial charge in [-0.2, -0.15) is 0 Å². The predicted molar refractivity (Wildman–Crippen MR) is 91.9 cm³/mol. The van der Waals surface area contributed by atoms with Crippen LogP contribution in [-0.2, 0) is 9.53 Å². The second-order valence-electron chi connectivity index (χ2n) is 7.64. The van der Waals surface area contributed by atoms with Gasteiger partial charge in [0.1, 0.15) is 0 Å². The third kappa shape index (κ3) is 3.40. The molecule has 0 unspecified atom stereocenters. The first kappa shape index (κ1) is 16.5. The number of ether oxygens (including phenoxy) is 1. The Balaban J connectivity index is 1.51. The van der Waals surface area contributed by atoms with Crippen LogP contribution in [-0.4, -0.2) is 54.5 Å². The summed E-state index contributed by atoms with van der Waals surface area (Å²) in [5.41, 5.74) is 0.491. The van der Waals surface area contributed by atoms with Crippen LogP contribution in [0.15, 0.2) is 24.5 Å². The Labute approximate surface area is 147 Å². The molecular weight excluding hydrogens is 318 g/mol. The van der Waals surface area contributed by atoms with Crippen LogP contribution in [0.4, 0.5) is 0 Å². The normalized spacial score (nSPS) is 25.1. The third-order valence-electron chi connectivity index (χ3n) is 5.93. The fourth-order valence-electron chi connectivity index (χ4n) is 4.14. The van der Waals surface area contributed by atoms with E-state index < -0.39 is 0 Å². The third-order valence-corrected chi connectivity index (χ3v) is 5.93. The molecule has 3 heterocycles. The number of nitrogens with zero attached hydrogens (tertiary/aromatic N) is 2. The first-order chi connectivity index (χ1) is 12.2. The van der Waals surface area contributed by atoms with E-state index in [1.807, 2.05) is 4.90 Å². The largest absolute Gasteiger partial charge is 0.381 e. The molecule has 0 aromatic carbocycles. The molecule has 25 heavy (non-hydrogen) atoms. The van der Waals surface area contributed by atoms with Crippen LogP contribution < -0.4 is 5.32 Å². The van der Waals surface area contributed by atoms with Gasteiger partial charge in [-0.1, -0.05) is 0 Å². The molecule has 1 aromatic rings. The standard InChI is InChI=1S/C19H25N3O3/c23-17(21-11-14-1-2-14)16-12-22(13-19(16)5-9-25-10-6-19)18(24)15-3-7-20-8-4-15/h3-4,7-8,14,16H,1-2,5-6,9-13H2,(H,21,23)/t16-/m0/s1. The van der Waals surface area contributed by atoms with Crippen LogP contribution in [0.2, 0.25) is 0 Å². The van der Waals surface area contributed by atoms with Gasteiger partial charge in [0.05, 0.1) is 5.92 Å². The van der Waals surface area contributed by atoms with Crippen molar-refractivity contribution in [3.8, 4) is 0 Å². The van der Waals surface area contributed by atoms with E-state index >= 15 is 0 Å². The highest BCUT2D eigenvalue weighted by Crippen LogP contribution is 2.45. The van der Waals surface area contributed by atoms with Gasteiger partial charge in [-0.25, -0.2) is 0 Å². The zero-order valence-electron chi connectivity index (χ0n) is 14.4. The van der Waals surface area contributed by atoms with Crippen LogP contribution in [0.1, 0.15) is 36.0 Å². The lowest BCUT2D eigenvalue weighted by atomic mass is 9.71. The summed E-state index contributed by atoms with van der Waals surface area (Å²) >= 11 is 0. The van der Waals surface area contributed by atoms with Crippen molar-refractivity contribution in [1.29, 1.82) is 0 Å². The fourth-order valence-corrected chi connectivity index (χ4v) is 4.14. The number of pyridine rings is 1. The summed E-state index contributed by atoms with van der Waals surface area (Å²) in [5, 5.41) is 3.13. The lowest BCUT2D eigenvalue weighted by molar-refractivity contribution is -0.129. The summed E-state index contributed by atoms with van der Waals surface area (Å²) in [6, 6.07) is 3.47. The maximum atomic E-state index is 12.9. The van der Waals surface area contributed by atoms with E-state index in [0.29, 0.717) is 37.8 Å². The maximum absolute atomic E-state index is 12.9. The average Bonchev–Trinajstić information content (AvgIpc) is 3.42. The summed E-state index contributed by atoms with van der Waals surface area (Å²) < 4.78 is 5.53. The highest BCUT2D eigenvalue weighted by atomic mass is 16.5. The van der Waals surface area contributed by atoms with E-state index in [4.69, 9.17) is 4.74 Å². The van der Waals surface area contributed by atoms with Crippen LogP contribution >= 0.6 is 0 Å². The number of carbonyl (C=O) groups excluding carboxylic acids is 2. The van der Waals surface area contributed by atoms with Gasteiger partial charge in [-0.05, 0) is 43.7 Å². The van der Waals surface area contributed by atoms with Gasteiger partial charge in [-0.3, -0.25) is 14.6 Å².